The van der Waals surface area contributed by atoms with Crippen LogP contribution in [-0.4, -0.2) is 22.6 Å². The summed E-state index contributed by atoms with van der Waals surface area (Å²) in [6.45, 7) is 2.63. The van der Waals surface area contributed by atoms with Gasteiger partial charge in [-0.05, 0) is 48.4 Å². The van der Waals surface area contributed by atoms with E-state index in [1.807, 2.05) is 12.1 Å². The number of hydrogen-bond acceptors (Lipinski definition) is 5. The Bertz CT molecular complexity index is 1020. The first-order valence-electron chi connectivity index (χ1n) is 8.91. The van der Waals surface area contributed by atoms with Crippen LogP contribution >= 0.6 is 0 Å². The van der Waals surface area contributed by atoms with Crippen LogP contribution in [0.5, 0.6) is 0 Å². The molecule has 6 nitrogen and oxygen atoms in total. The predicted octanol–water partition coefficient (Wildman–Crippen LogP) is 3.69. The molecule has 0 saturated carbocycles. The van der Waals surface area contributed by atoms with Crippen LogP contribution in [-0.2, 0) is 11.2 Å². The number of anilines is 1. The number of amides is 1. The number of carbonyl (C=O) groups is 1. The zero-order valence-corrected chi connectivity index (χ0v) is 14.9. The molecule has 6 heteroatoms. The van der Waals surface area contributed by atoms with E-state index in [2.05, 4.69) is 35.3 Å². The second-order valence-corrected chi connectivity index (χ2v) is 6.58. The van der Waals surface area contributed by atoms with Gasteiger partial charge in [0.1, 0.15) is 0 Å². The largest absolute Gasteiger partial charge is 0.334 e. The Morgan fingerprint density at radius 1 is 1.26 bits per heavy atom. The average Bonchev–Trinajstić information content (AvgIpc) is 3.35. The van der Waals surface area contributed by atoms with Crippen LogP contribution < -0.4 is 4.90 Å². The van der Waals surface area contributed by atoms with Gasteiger partial charge in [-0.2, -0.15) is 10.2 Å². The molecule has 1 unspecified atom stereocenters. The highest BCUT2D eigenvalue weighted by Gasteiger charge is 2.34. The number of nitriles is 1. The van der Waals surface area contributed by atoms with Gasteiger partial charge in [-0.25, -0.2) is 0 Å². The molecule has 1 saturated heterocycles. The third kappa shape index (κ3) is 3.32. The summed E-state index contributed by atoms with van der Waals surface area (Å²) in [7, 11) is 0. The Hall–Kier alpha value is -3.46. The molecule has 0 N–H and O–H groups in total. The third-order valence-electron chi connectivity index (χ3n) is 4.82. The van der Waals surface area contributed by atoms with E-state index in [0.29, 0.717) is 30.2 Å². The zero-order valence-electron chi connectivity index (χ0n) is 14.9. The summed E-state index contributed by atoms with van der Waals surface area (Å²) >= 11 is 0. The first-order valence-corrected chi connectivity index (χ1v) is 8.91. The first kappa shape index (κ1) is 17.0. The molecule has 1 aliphatic rings. The molecule has 1 aliphatic heterocycles. The van der Waals surface area contributed by atoms with Gasteiger partial charge in [0.15, 0.2) is 5.82 Å². The van der Waals surface area contributed by atoms with E-state index in [-0.39, 0.29) is 11.8 Å². The number of benzene rings is 2. The smallest absolute Gasteiger partial charge is 0.257 e. The van der Waals surface area contributed by atoms with Crippen molar-refractivity contribution in [1.82, 2.24) is 10.1 Å². The monoisotopic (exact) mass is 358 g/mol. The summed E-state index contributed by atoms with van der Waals surface area (Å²) in [5.41, 5.74) is 3.44. The maximum Gasteiger partial charge on any atom is 0.257 e. The minimum atomic E-state index is -0.0985. The molecule has 0 radical (unpaired) electrons. The Balaban J connectivity index is 1.54. The molecule has 1 atom stereocenters. The fraction of sp³-hybridized carbons (Fsp3) is 0.238. The first-order chi connectivity index (χ1) is 13.2. The predicted molar refractivity (Wildman–Crippen MR) is 100.0 cm³/mol. The Morgan fingerprint density at radius 2 is 2.07 bits per heavy atom. The molecule has 27 heavy (non-hydrogen) atoms. The normalized spacial score (nSPS) is 16.5. The molecule has 0 aliphatic carbocycles. The molecule has 2 aromatic carbocycles. The lowest BCUT2D eigenvalue weighted by Gasteiger charge is -2.17. The van der Waals surface area contributed by atoms with Crippen LogP contribution in [0.2, 0.25) is 0 Å². The maximum atomic E-state index is 12.5. The number of hydrogen-bond donors (Lipinski definition) is 0. The van der Waals surface area contributed by atoms with Gasteiger partial charge in [0.25, 0.3) is 5.89 Å². The molecule has 4 rings (SSSR count). The average molecular weight is 358 g/mol. The van der Waals surface area contributed by atoms with Crippen molar-refractivity contribution in [3.63, 3.8) is 0 Å². The molecule has 2 heterocycles. The van der Waals surface area contributed by atoms with Crippen LogP contribution in [0.25, 0.3) is 11.5 Å². The quantitative estimate of drug-likeness (QED) is 0.710. The van der Waals surface area contributed by atoms with Crippen molar-refractivity contribution in [2.24, 2.45) is 0 Å². The van der Waals surface area contributed by atoms with Gasteiger partial charge < -0.3 is 9.42 Å². The number of aryl methyl sites for hydroxylation is 1. The minimum absolute atomic E-state index is 0.0676. The summed E-state index contributed by atoms with van der Waals surface area (Å²) in [6.07, 6.45) is 1.29. The number of rotatable bonds is 4. The van der Waals surface area contributed by atoms with Crippen molar-refractivity contribution in [2.75, 3.05) is 11.4 Å². The van der Waals surface area contributed by atoms with Crippen molar-refractivity contribution >= 4 is 11.6 Å². The van der Waals surface area contributed by atoms with Crippen molar-refractivity contribution in [3.05, 3.63) is 65.5 Å². The fourth-order valence-electron chi connectivity index (χ4n) is 3.28. The van der Waals surface area contributed by atoms with Gasteiger partial charge >= 0.3 is 0 Å². The second kappa shape index (κ2) is 7.04. The van der Waals surface area contributed by atoms with Crippen molar-refractivity contribution in [1.29, 1.82) is 5.26 Å². The molecule has 134 valence electrons. The lowest BCUT2D eigenvalue weighted by atomic mass is 10.1. The topological polar surface area (TPSA) is 83.0 Å². The molecular weight excluding hydrogens is 340 g/mol. The third-order valence-corrected chi connectivity index (χ3v) is 4.82. The standard InChI is InChI=1S/C21H18N4O2/c1-2-14-4-3-5-18(10-14)25-13-17(11-19(25)26)20-23-21(27-24-20)16-8-6-15(12-22)7-9-16/h3-10,17H,2,11,13H2,1H3. The van der Waals surface area contributed by atoms with Gasteiger partial charge in [-0.3, -0.25) is 4.79 Å². The van der Waals surface area contributed by atoms with E-state index in [1.54, 1.807) is 29.2 Å². The molecule has 1 amide bonds. The van der Waals surface area contributed by atoms with Crippen LogP contribution in [0.15, 0.2) is 53.1 Å². The molecule has 0 bridgehead atoms. The van der Waals surface area contributed by atoms with Gasteiger partial charge in [0, 0.05) is 30.1 Å². The molecule has 0 spiro atoms. The summed E-state index contributed by atoms with van der Waals surface area (Å²) in [6, 6.07) is 17.1. The Kier molecular flexibility index (Phi) is 4.43. The summed E-state index contributed by atoms with van der Waals surface area (Å²) < 4.78 is 5.38. The van der Waals surface area contributed by atoms with Crippen LogP contribution in [0.1, 0.15) is 36.2 Å². The highest BCUT2D eigenvalue weighted by Crippen LogP contribution is 2.32. The SMILES string of the molecule is CCc1cccc(N2CC(c3noc(-c4ccc(C#N)cc4)n3)CC2=O)c1. The number of nitrogens with zero attached hydrogens (tertiary/aromatic N) is 4. The minimum Gasteiger partial charge on any atom is -0.334 e. The van der Waals surface area contributed by atoms with E-state index in [4.69, 9.17) is 9.78 Å². The van der Waals surface area contributed by atoms with E-state index in [0.717, 1.165) is 17.7 Å². The van der Waals surface area contributed by atoms with Gasteiger partial charge in [0.05, 0.1) is 11.6 Å². The van der Waals surface area contributed by atoms with E-state index < -0.39 is 0 Å². The van der Waals surface area contributed by atoms with Crippen molar-refractivity contribution < 1.29 is 9.32 Å². The summed E-state index contributed by atoms with van der Waals surface area (Å²) in [5.74, 6) is 0.905. The molecule has 1 fully saturated rings. The Morgan fingerprint density at radius 3 is 2.81 bits per heavy atom. The van der Waals surface area contributed by atoms with Crippen molar-refractivity contribution in [2.45, 2.75) is 25.7 Å². The molecule has 3 aromatic rings. The molecular formula is C21H18N4O2. The number of carbonyl (C=O) groups excluding carboxylic acids is 1. The number of aromatic nitrogens is 2. The van der Waals surface area contributed by atoms with Gasteiger partial charge in [-0.15, -0.1) is 0 Å². The summed E-state index contributed by atoms with van der Waals surface area (Å²) in [4.78, 5) is 18.8. The van der Waals surface area contributed by atoms with E-state index >= 15 is 0 Å². The lowest BCUT2D eigenvalue weighted by Crippen LogP contribution is -2.24. The maximum absolute atomic E-state index is 12.5. The molecule has 1 aromatic heterocycles. The van der Waals surface area contributed by atoms with Crippen LogP contribution in [0, 0.1) is 11.3 Å². The zero-order chi connectivity index (χ0) is 18.8. The Labute approximate surface area is 157 Å². The van der Waals surface area contributed by atoms with Crippen molar-refractivity contribution in [3.8, 4) is 17.5 Å². The van der Waals surface area contributed by atoms with E-state index in [1.165, 1.54) is 5.56 Å². The second-order valence-electron chi connectivity index (χ2n) is 6.58. The van der Waals surface area contributed by atoms with Gasteiger partial charge in [-0.1, -0.05) is 24.2 Å². The van der Waals surface area contributed by atoms with Gasteiger partial charge in [0.2, 0.25) is 5.91 Å². The van der Waals surface area contributed by atoms with Crippen LogP contribution in [0.3, 0.4) is 0 Å². The fourth-order valence-corrected chi connectivity index (χ4v) is 3.28. The highest BCUT2D eigenvalue weighted by molar-refractivity contribution is 5.96. The van der Waals surface area contributed by atoms with Crippen LogP contribution in [0.4, 0.5) is 5.69 Å². The highest BCUT2D eigenvalue weighted by atomic mass is 16.5. The van der Waals surface area contributed by atoms with E-state index in [9.17, 15) is 4.79 Å². The lowest BCUT2D eigenvalue weighted by molar-refractivity contribution is -0.117. The summed E-state index contributed by atoms with van der Waals surface area (Å²) in [5, 5.41) is 13.0.